The summed E-state index contributed by atoms with van der Waals surface area (Å²) in [6.07, 6.45) is 5.28. The zero-order chi connectivity index (χ0) is 20.8. The molecule has 0 aliphatic carbocycles. The number of benzene rings is 1. The lowest BCUT2D eigenvalue weighted by molar-refractivity contribution is -0.871. The highest BCUT2D eigenvalue weighted by atomic mass is 16.5. The molecule has 0 aromatic heterocycles. The van der Waals surface area contributed by atoms with Gasteiger partial charge in [0.25, 0.3) is 0 Å². The summed E-state index contributed by atoms with van der Waals surface area (Å²) in [7, 11) is 5.91. The molecule has 0 aliphatic rings. The molecule has 0 saturated carbocycles. The van der Waals surface area contributed by atoms with E-state index in [0.717, 1.165) is 38.7 Å². The number of carboxylic acids is 1. The third kappa shape index (κ3) is 13.3. The van der Waals surface area contributed by atoms with Gasteiger partial charge >= 0.3 is 0 Å². The van der Waals surface area contributed by atoms with Gasteiger partial charge in [-0.25, -0.2) is 0 Å². The lowest BCUT2D eigenvalue weighted by Crippen LogP contribution is -2.50. The Morgan fingerprint density at radius 3 is 2.32 bits per heavy atom. The van der Waals surface area contributed by atoms with Crippen molar-refractivity contribution in [1.29, 1.82) is 0 Å². The summed E-state index contributed by atoms with van der Waals surface area (Å²) < 4.78 is 6.25. The lowest BCUT2D eigenvalue weighted by atomic mass is 10.1. The molecule has 1 amide bonds. The van der Waals surface area contributed by atoms with Gasteiger partial charge in [0.1, 0.15) is 0 Å². The van der Waals surface area contributed by atoms with E-state index < -0.39 is 5.97 Å². The van der Waals surface area contributed by atoms with Crippen LogP contribution in [-0.2, 0) is 20.9 Å². The second-order valence-electron chi connectivity index (χ2n) is 8.37. The molecule has 0 aliphatic heterocycles. The van der Waals surface area contributed by atoms with Crippen LogP contribution in [0.1, 0.15) is 50.5 Å². The first-order valence-electron chi connectivity index (χ1n) is 10.2. The molecule has 6 nitrogen and oxygen atoms in total. The van der Waals surface area contributed by atoms with Crippen LogP contribution in [0.3, 0.4) is 0 Å². The number of carbonyl (C=O) groups is 2. The van der Waals surface area contributed by atoms with E-state index in [0.29, 0.717) is 24.1 Å². The van der Waals surface area contributed by atoms with Crippen LogP contribution in [0.5, 0.6) is 0 Å². The minimum atomic E-state index is -1.13. The molecule has 0 bridgehead atoms. The monoisotopic (exact) mass is 392 g/mol. The number of hydrogen-bond acceptors (Lipinski definition) is 4. The van der Waals surface area contributed by atoms with Gasteiger partial charge in [-0.2, -0.15) is 0 Å². The summed E-state index contributed by atoms with van der Waals surface area (Å²) in [5, 5.41) is 13.7. The van der Waals surface area contributed by atoms with E-state index in [4.69, 9.17) is 4.74 Å². The molecular weight excluding hydrogens is 356 g/mol. The molecule has 0 unspecified atom stereocenters. The lowest BCUT2D eigenvalue weighted by Gasteiger charge is -2.30. The van der Waals surface area contributed by atoms with Gasteiger partial charge < -0.3 is 24.4 Å². The molecule has 6 heteroatoms. The van der Waals surface area contributed by atoms with Crippen molar-refractivity contribution in [3.63, 3.8) is 0 Å². The SMILES string of the molecule is C[N+](C)(C)C[C@@H](CC(=O)[O-])NC(=O)CCCCCCCOCc1ccccc1. The Morgan fingerprint density at radius 1 is 1.04 bits per heavy atom. The normalized spacial score (nSPS) is 12.5. The van der Waals surface area contributed by atoms with Gasteiger partial charge in [0.2, 0.25) is 5.91 Å². The van der Waals surface area contributed by atoms with Crippen molar-refractivity contribution in [2.75, 3.05) is 34.3 Å². The van der Waals surface area contributed by atoms with Gasteiger partial charge in [-0.15, -0.1) is 0 Å². The number of amides is 1. The Labute approximate surface area is 169 Å². The number of quaternary nitrogens is 1. The van der Waals surface area contributed by atoms with Crippen molar-refractivity contribution in [2.24, 2.45) is 0 Å². The number of carbonyl (C=O) groups excluding carboxylic acids is 2. The van der Waals surface area contributed by atoms with E-state index in [9.17, 15) is 14.7 Å². The predicted octanol–water partition coefficient (Wildman–Crippen LogP) is 1.87. The fourth-order valence-electron chi connectivity index (χ4n) is 3.11. The number of likely N-dealkylation sites (N-methyl/N-ethyl adjacent to an activating group) is 1. The summed E-state index contributed by atoms with van der Waals surface area (Å²) in [6, 6.07) is 9.75. The summed E-state index contributed by atoms with van der Waals surface area (Å²) in [5.41, 5.74) is 1.19. The maximum Gasteiger partial charge on any atom is 0.220 e. The predicted molar refractivity (Wildman–Crippen MR) is 108 cm³/mol. The van der Waals surface area contributed by atoms with Gasteiger partial charge in [0.15, 0.2) is 0 Å². The Bertz CT molecular complexity index is 570. The second-order valence-corrected chi connectivity index (χ2v) is 8.37. The largest absolute Gasteiger partial charge is 0.550 e. The van der Waals surface area contributed by atoms with Gasteiger partial charge in [-0.05, 0) is 18.4 Å². The van der Waals surface area contributed by atoms with E-state index in [1.807, 2.05) is 39.3 Å². The molecule has 0 radical (unpaired) electrons. The zero-order valence-electron chi connectivity index (χ0n) is 17.6. The van der Waals surface area contributed by atoms with Crippen molar-refractivity contribution >= 4 is 11.9 Å². The van der Waals surface area contributed by atoms with Crippen LogP contribution in [0, 0.1) is 0 Å². The van der Waals surface area contributed by atoms with Crippen molar-refractivity contribution in [3.05, 3.63) is 35.9 Å². The molecule has 1 aromatic rings. The Hall–Kier alpha value is -1.92. The second kappa shape index (κ2) is 13.3. The molecule has 0 saturated heterocycles. The van der Waals surface area contributed by atoms with Crippen molar-refractivity contribution in [2.45, 2.75) is 57.6 Å². The number of nitrogens with zero attached hydrogens (tertiary/aromatic N) is 1. The van der Waals surface area contributed by atoms with Crippen molar-refractivity contribution in [1.82, 2.24) is 5.32 Å². The molecule has 158 valence electrons. The van der Waals surface area contributed by atoms with Gasteiger partial charge in [0.05, 0.1) is 40.3 Å². The topological polar surface area (TPSA) is 78.5 Å². The van der Waals surface area contributed by atoms with E-state index >= 15 is 0 Å². The average Bonchev–Trinajstić information content (AvgIpc) is 2.59. The average molecular weight is 393 g/mol. The van der Waals surface area contributed by atoms with Crippen molar-refractivity contribution < 1.29 is 23.9 Å². The smallest absolute Gasteiger partial charge is 0.220 e. The molecular formula is C22H36N2O4. The van der Waals surface area contributed by atoms with Gasteiger partial charge in [-0.3, -0.25) is 4.79 Å². The molecule has 1 atom stereocenters. The van der Waals surface area contributed by atoms with Crippen molar-refractivity contribution in [3.8, 4) is 0 Å². The highest BCUT2D eigenvalue weighted by molar-refractivity contribution is 5.77. The number of nitrogens with one attached hydrogen (secondary N) is 1. The molecule has 28 heavy (non-hydrogen) atoms. The number of hydrogen-bond donors (Lipinski definition) is 1. The number of unbranched alkanes of at least 4 members (excludes halogenated alkanes) is 4. The summed E-state index contributed by atoms with van der Waals surface area (Å²) in [5.74, 6) is -1.21. The zero-order valence-corrected chi connectivity index (χ0v) is 17.6. The standard InChI is InChI=1S/C22H36N2O4/c1-24(2,3)17-20(16-22(26)27)23-21(25)14-10-5-4-6-11-15-28-18-19-12-8-7-9-13-19/h7-9,12-13,20H,4-6,10-11,14-18H2,1-3H3,(H-,23,25,26,27)/t20-/m1/s1. The summed E-state index contributed by atoms with van der Waals surface area (Å²) in [6.45, 7) is 1.97. The van der Waals surface area contributed by atoms with E-state index in [2.05, 4.69) is 17.4 Å². The number of ether oxygens (including phenoxy) is 1. The van der Waals surface area contributed by atoms with Gasteiger partial charge in [0, 0.05) is 25.4 Å². The highest BCUT2D eigenvalue weighted by Gasteiger charge is 2.20. The molecule has 0 fully saturated rings. The fourth-order valence-corrected chi connectivity index (χ4v) is 3.11. The van der Waals surface area contributed by atoms with Crippen LogP contribution < -0.4 is 10.4 Å². The summed E-state index contributed by atoms with van der Waals surface area (Å²) >= 11 is 0. The first-order chi connectivity index (χ1) is 13.3. The van der Waals surface area contributed by atoms with Crippen LogP contribution in [0.2, 0.25) is 0 Å². The Morgan fingerprint density at radius 2 is 1.68 bits per heavy atom. The van der Waals surface area contributed by atoms with Crippen LogP contribution >= 0.6 is 0 Å². The maximum atomic E-state index is 12.1. The summed E-state index contributed by atoms with van der Waals surface area (Å²) in [4.78, 5) is 23.0. The quantitative estimate of drug-likeness (QED) is 0.365. The minimum Gasteiger partial charge on any atom is -0.550 e. The maximum absolute atomic E-state index is 12.1. The number of aliphatic carboxylic acids is 1. The molecule has 1 aromatic carbocycles. The van der Waals surface area contributed by atoms with Crippen LogP contribution in [0.4, 0.5) is 0 Å². The van der Waals surface area contributed by atoms with E-state index in [1.165, 1.54) is 5.56 Å². The first-order valence-corrected chi connectivity index (χ1v) is 10.2. The molecule has 1 rings (SSSR count). The fraction of sp³-hybridized carbons (Fsp3) is 0.636. The van der Waals surface area contributed by atoms with Crippen LogP contribution in [-0.4, -0.2) is 56.7 Å². The molecule has 0 heterocycles. The van der Waals surface area contributed by atoms with Crippen LogP contribution in [0.15, 0.2) is 30.3 Å². The molecule has 0 spiro atoms. The Balaban J connectivity index is 2.06. The number of carboxylic acid groups (broad SMARTS) is 1. The third-order valence-corrected chi connectivity index (χ3v) is 4.35. The third-order valence-electron chi connectivity index (χ3n) is 4.35. The first kappa shape index (κ1) is 24.1. The van der Waals surface area contributed by atoms with E-state index in [1.54, 1.807) is 0 Å². The minimum absolute atomic E-state index is 0.0779. The van der Waals surface area contributed by atoms with E-state index in [-0.39, 0.29) is 18.4 Å². The molecule has 1 N–H and O–H groups in total. The van der Waals surface area contributed by atoms with Gasteiger partial charge in [-0.1, -0.05) is 49.6 Å². The Kier molecular flexibility index (Phi) is 11.4. The highest BCUT2D eigenvalue weighted by Crippen LogP contribution is 2.08. The number of rotatable bonds is 15. The van der Waals surface area contributed by atoms with Crippen LogP contribution in [0.25, 0.3) is 0 Å².